The first-order chi connectivity index (χ1) is 8.58. The van der Waals surface area contributed by atoms with Gasteiger partial charge in [-0.1, -0.05) is 0 Å². The molecule has 0 spiro atoms. The van der Waals surface area contributed by atoms with Gasteiger partial charge < -0.3 is 15.5 Å². The van der Waals surface area contributed by atoms with Gasteiger partial charge >= 0.3 is 5.56 Å². The predicted molar refractivity (Wildman–Crippen MR) is 65.8 cm³/mol. The van der Waals surface area contributed by atoms with Crippen molar-refractivity contribution in [1.29, 1.82) is 0 Å². The largest absolute Gasteiger partial charge is 0.434 e. The van der Waals surface area contributed by atoms with E-state index in [1.54, 1.807) is 6.07 Å². The van der Waals surface area contributed by atoms with Gasteiger partial charge in [-0.3, -0.25) is 9.59 Å². The van der Waals surface area contributed by atoms with Crippen LogP contribution in [0.2, 0.25) is 0 Å². The molecule has 0 atom stereocenters. The fraction of sp³-hybridized carbons (Fsp3) is 0.0833. The topological polar surface area (TPSA) is 98.1 Å². The Bertz CT molecular complexity index is 649. The maximum absolute atomic E-state index is 11.5. The van der Waals surface area contributed by atoms with Crippen molar-refractivity contribution in [3.8, 4) is 11.6 Å². The zero-order valence-electron chi connectivity index (χ0n) is 9.64. The van der Waals surface area contributed by atoms with Crippen molar-refractivity contribution >= 4 is 11.5 Å². The van der Waals surface area contributed by atoms with E-state index >= 15 is 0 Å². The normalized spacial score (nSPS) is 10.1. The molecule has 0 amide bonds. The van der Waals surface area contributed by atoms with Gasteiger partial charge in [0.1, 0.15) is 5.75 Å². The Morgan fingerprint density at radius 3 is 2.89 bits per heavy atom. The molecule has 0 radical (unpaired) electrons. The Morgan fingerprint density at radius 1 is 1.44 bits per heavy atom. The van der Waals surface area contributed by atoms with E-state index in [2.05, 4.69) is 9.97 Å². The number of anilines is 1. The molecule has 0 aliphatic carbocycles. The van der Waals surface area contributed by atoms with E-state index in [1.165, 1.54) is 31.5 Å². The highest BCUT2D eigenvalue weighted by molar-refractivity contribution is 5.97. The van der Waals surface area contributed by atoms with Crippen molar-refractivity contribution in [2.45, 2.75) is 6.92 Å². The minimum atomic E-state index is -0.469. The van der Waals surface area contributed by atoms with Crippen molar-refractivity contribution in [3.63, 3.8) is 0 Å². The van der Waals surface area contributed by atoms with Gasteiger partial charge in [0, 0.05) is 18.1 Å². The lowest BCUT2D eigenvalue weighted by Crippen LogP contribution is -2.10. The molecular formula is C12H11N3O3. The second kappa shape index (κ2) is 4.70. The molecule has 92 valence electrons. The number of nitrogens with zero attached hydrogens (tertiary/aromatic N) is 1. The van der Waals surface area contributed by atoms with Crippen LogP contribution in [0.1, 0.15) is 17.3 Å². The number of nitrogens with one attached hydrogen (secondary N) is 1. The van der Waals surface area contributed by atoms with Gasteiger partial charge in [-0.2, -0.15) is 0 Å². The summed E-state index contributed by atoms with van der Waals surface area (Å²) in [6.45, 7) is 1.39. The van der Waals surface area contributed by atoms with Crippen LogP contribution in [-0.4, -0.2) is 15.8 Å². The van der Waals surface area contributed by atoms with Crippen LogP contribution in [0.15, 0.2) is 35.4 Å². The summed E-state index contributed by atoms with van der Waals surface area (Å²) in [5, 5.41) is 0. The van der Waals surface area contributed by atoms with Gasteiger partial charge in [0.2, 0.25) is 0 Å². The van der Waals surface area contributed by atoms with E-state index in [9.17, 15) is 9.59 Å². The molecule has 0 saturated heterocycles. The van der Waals surface area contributed by atoms with E-state index in [4.69, 9.17) is 10.5 Å². The van der Waals surface area contributed by atoms with Gasteiger partial charge in [-0.05, 0) is 25.1 Å². The van der Waals surface area contributed by atoms with Crippen LogP contribution < -0.4 is 16.0 Å². The number of Topliss-reactive ketones (excluding diaryl/α,β-unsaturated/α-hetero) is 1. The molecule has 1 heterocycles. The third-order valence-electron chi connectivity index (χ3n) is 2.26. The molecule has 0 fully saturated rings. The maximum atomic E-state index is 11.5. The van der Waals surface area contributed by atoms with E-state index < -0.39 is 5.56 Å². The highest BCUT2D eigenvalue weighted by atomic mass is 16.5. The fourth-order valence-corrected chi connectivity index (χ4v) is 1.43. The summed E-state index contributed by atoms with van der Waals surface area (Å²) >= 11 is 0. The van der Waals surface area contributed by atoms with Crippen molar-refractivity contribution in [1.82, 2.24) is 9.97 Å². The monoisotopic (exact) mass is 245 g/mol. The van der Waals surface area contributed by atoms with E-state index in [-0.39, 0.29) is 17.4 Å². The second-order valence-corrected chi connectivity index (χ2v) is 3.64. The first-order valence-electron chi connectivity index (χ1n) is 5.20. The summed E-state index contributed by atoms with van der Waals surface area (Å²) in [4.78, 5) is 29.1. The summed E-state index contributed by atoms with van der Waals surface area (Å²) in [7, 11) is 0. The lowest BCUT2D eigenvalue weighted by atomic mass is 10.1. The fourth-order valence-electron chi connectivity index (χ4n) is 1.43. The number of nitrogens with two attached hydrogens (primary N) is 1. The molecule has 1 aromatic carbocycles. The zero-order valence-corrected chi connectivity index (χ0v) is 9.64. The van der Waals surface area contributed by atoms with Gasteiger partial charge in [0.15, 0.2) is 5.78 Å². The Kier molecular flexibility index (Phi) is 3.09. The Morgan fingerprint density at radius 2 is 2.22 bits per heavy atom. The molecule has 0 aliphatic rings. The number of hydrogen-bond acceptors (Lipinski definition) is 5. The van der Waals surface area contributed by atoms with Crippen LogP contribution in [0.4, 0.5) is 5.69 Å². The number of carbonyl (C=O) groups is 1. The van der Waals surface area contributed by atoms with Crippen LogP contribution in [0.25, 0.3) is 0 Å². The number of carbonyl (C=O) groups excluding carboxylic acids is 1. The highest BCUT2D eigenvalue weighted by Crippen LogP contribution is 2.24. The number of ether oxygens (including phenoxy) is 1. The number of nitrogen functional groups attached to an aromatic ring is 1. The van der Waals surface area contributed by atoms with E-state index in [0.29, 0.717) is 11.3 Å². The molecule has 0 saturated carbocycles. The van der Waals surface area contributed by atoms with Crippen LogP contribution in [0.3, 0.4) is 0 Å². The molecule has 0 aliphatic heterocycles. The van der Waals surface area contributed by atoms with Crippen molar-refractivity contribution in [2.75, 3.05) is 5.73 Å². The number of aromatic amines is 1. The smallest absolute Gasteiger partial charge is 0.311 e. The number of ketones is 1. The van der Waals surface area contributed by atoms with Crippen molar-refractivity contribution < 1.29 is 9.53 Å². The summed E-state index contributed by atoms with van der Waals surface area (Å²) in [5.41, 5.74) is 5.88. The molecule has 2 aromatic rings. The Hall–Kier alpha value is -2.63. The Labute approximate surface area is 102 Å². The average molecular weight is 245 g/mol. The summed E-state index contributed by atoms with van der Waals surface area (Å²) in [6, 6.07) is 4.61. The van der Waals surface area contributed by atoms with Crippen molar-refractivity contribution in [3.05, 3.63) is 46.5 Å². The number of aromatic nitrogens is 2. The summed E-state index contributed by atoms with van der Waals surface area (Å²) in [5.74, 6) is -0.0738. The molecule has 2 rings (SSSR count). The van der Waals surface area contributed by atoms with Gasteiger partial charge in [-0.15, -0.1) is 0 Å². The van der Waals surface area contributed by atoms with Gasteiger partial charge in [-0.25, -0.2) is 4.98 Å². The molecule has 0 unspecified atom stereocenters. The zero-order chi connectivity index (χ0) is 13.1. The van der Waals surface area contributed by atoms with Crippen LogP contribution >= 0.6 is 0 Å². The average Bonchev–Trinajstić information content (AvgIpc) is 2.34. The molecule has 6 heteroatoms. The van der Waals surface area contributed by atoms with Crippen LogP contribution in [0, 0.1) is 0 Å². The van der Waals surface area contributed by atoms with E-state index in [1.807, 2.05) is 0 Å². The molecule has 0 bridgehead atoms. The van der Waals surface area contributed by atoms with Gasteiger partial charge in [0.25, 0.3) is 5.88 Å². The summed E-state index contributed by atoms with van der Waals surface area (Å²) < 4.78 is 5.33. The SMILES string of the molecule is CC(=O)c1cc(N)ccc1Oc1ncc[nH]c1=O. The third-order valence-corrected chi connectivity index (χ3v) is 2.26. The number of rotatable bonds is 3. The third kappa shape index (κ3) is 2.37. The molecular weight excluding hydrogens is 234 g/mol. The molecule has 1 aromatic heterocycles. The maximum Gasteiger partial charge on any atom is 0.311 e. The highest BCUT2D eigenvalue weighted by Gasteiger charge is 2.12. The van der Waals surface area contributed by atoms with E-state index in [0.717, 1.165) is 0 Å². The minimum Gasteiger partial charge on any atom is -0.434 e. The first kappa shape index (κ1) is 11.8. The summed E-state index contributed by atoms with van der Waals surface area (Å²) in [6.07, 6.45) is 2.78. The predicted octanol–water partition coefficient (Wildman–Crippen LogP) is 1.35. The van der Waals surface area contributed by atoms with Crippen molar-refractivity contribution in [2.24, 2.45) is 0 Å². The molecule has 3 N–H and O–H groups in total. The van der Waals surface area contributed by atoms with Crippen LogP contribution in [-0.2, 0) is 0 Å². The van der Waals surface area contributed by atoms with Gasteiger partial charge in [0.05, 0.1) is 5.56 Å². The first-order valence-corrected chi connectivity index (χ1v) is 5.20. The second-order valence-electron chi connectivity index (χ2n) is 3.64. The van der Waals surface area contributed by atoms with Crippen LogP contribution in [0.5, 0.6) is 11.6 Å². The molecule has 6 nitrogen and oxygen atoms in total. The Balaban J connectivity index is 2.44. The lowest BCUT2D eigenvalue weighted by molar-refractivity contribution is 0.101. The minimum absolute atomic E-state index is 0.121. The number of benzene rings is 1. The quantitative estimate of drug-likeness (QED) is 0.628. The molecule has 18 heavy (non-hydrogen) atoms. The lowest BCUT2D eigenvalue weighted by Gasteiger charge is -2.08. The number of hydrogen-bond donors (Lipinski definition) is 2. The number of H-pyrrole nitrogens is 1. The standard InChI is InChI=1S/C12H11N3O3/c1-7(16)9-6-8(13)2-3-10(9)18-12-11(17)14-4-5-15-12/h2-6H,13H2,1H3,(H,14,17).